The molecule has 2 aromatic carbocycles. The zero-order valence-corrected chi connectivity index (χ0v) is 16.1. The number of rotatable bonds is 4. The van der Waals surface area contributed by atoms with Crippen molar-refractivity contribution in [2.24, 2.45) is 0 Å². The van der Waals surface area contributed by atoms with Crippen LogP contribution in [-0.4, -0.2) is 30.0 Å². The molecule has 29 heavy (non-hydrogen) atoms. The first-order valence-electron chi connectivity index (χ1n) is 8.73. The Kier molecular flexibility index (Phi) is 5.13. The second-order valence-corrected chi connectivity index (χ2v) is 7.08. The Morgan fingerprint density at radius 3 is 2.62 bits per heavy atom. The fourth-order valence-corrected chi connectivity index (χ4v) is 3.52. The minimum Gasteiger partial charge on any atom is -0.486 e. The molecule has 1 aromatic heterocycles. The van der Waals surface area contributed by atoms with Crippen molar-refractivity contribution in [2.45, 2.75) is 6.92 Å². The minimum absolute atomic E-state index is 0.273. The largest absolute Gasteiger partial charge is 0.486 e. The molecule has 0 fully saturated rings. The van der Waals surface area contributed by atoms with Crippen LogP contribution < -0.4 is 20.1 Å². The summed E-state index contributed by atoms with van der Waals surface area (Å²) >= 11 is 1.18. The molecular formula is C20H16FN3O4S. The molecule has 0 saturated heterocycles. The van der Waals surface area contributed by atoms with Crippen LogP contribution in [-0.2, 0) is 4.79 Å². The van der Waals surface area contributed by atoms with Gasteiger partial charge in [-0.05, 0) is 36.4 Å². The van der Waals surface area contributed by atoms with Gasteiger partial charge in [0.05, 0.1) is 5.69 Å². The van der Waals surface area contributed by atoms with Crippen LogP contribution in [0.3, 0.4) is 0 Å². The molecule has 0 bridgehead atoms. The Balaban J connectivity index is 1.49. The predicted molar refractivity (Wildman–Crippen MR) is 107 cm³/mol. The van der Waals surface area contributed by atoms with Crippen LogP contribution in [0, 0.1) is 5.82 Å². The van der Waals surface area contributed by atoms with Crippen molar-refractivity contribution >= 4 is 34.0 Å². The van der Waals surface area contributed by atoms with E-state index < -0.39 is 5.82 Å². The number of hydrogen-bond donors (Lipinski definition) is 2. The summed E-state index contributed by atoms with van der Waals surface area (Å²) < 4.78 is 25.3. The monoisotopic (exact) mass is 413 g/mol. The second kappa shape index (κ2) is 7.88. The van der Waals surface area contributed by atoms with Gasteiger partial charge < -0.3 is 14.8 Å². The van der Waals surface area contributed by atoms with Gasteiger partial charge >= 0.3 is 0 Å². The van der Waals surface area contributed by atoms with E-state index in [4.69, 9.17) is 9.47 Å². The Hall–Kier alpha value is -3.46. The van der Waals surface area contributed by atoms with E-state index in [-0.39, 0.29) is 17.4 Å². The van der Waals surface area contributed by atoms with E-state index in [1.807, 2.05) is 0 Å². The summed E-state index contributed by atoms with van der Waals surface area (Å²) in [6.45, 7) is 2.26. The smallest absolute Gasteiger partial charge is 0.257 e. The molecule has 0 atom stereocenters. The zero-order chi connectivity index (χ0) is 20.4. The quantitative estimate of drug-likeness (QED) is 0.677. The molecule has 2 N–H and O–H groups in total. The molecule has 0 saturated carbocycles. The van der Waals surface area contributed by atoms with Crippen molar-refractivity contribution in [3.63, 3.8) is 0 Å². The average Bonchev–Trinajstić information content (AvgIpc) is 3.15. The van der Waals surface area contributed by atoms with Gasteiger partial charge in [0.1, 0.15) is 19.0 Å². The zero-order valence-electron chi connectivity index (χ0n) is 15.3. The Morgan fingerprint density at radius 1 is 1.07 bits per heavy atom. The number of fused-ring (bicyclic) bond motifs is 1. The third-order valence-electron chi connectivity index (χ3n) is 4.09. The highest BCUT2D eigenvalue weighted by Gasteiger charge is 2.17. The highest BCUT2D eigenvalue weighted by atomic mass is 32.1. The van der Waals surface area contributed by atoms with Crippen molar-refractivity contribution in [3.8, 4) is 22.8 Å². The lowest BCUT2D eigenvalue weighted by molar-refractivity contribution is -0.114. The number of nitrogens with zero attached hydrogens (tertiary/aromatic N) is 1. The maximum atomic E-state index is 14.4. The lowest BCUT2D eigenvalue weighted by Gasteiger charge is -2.18. The number of hydrogen-bond acceptors (Lipinski definition) is 6. The molecule has 9 heteroatoms. The minimum atomic E-state index is -0.522. The Labute approximate surface area is 169 Å². The van der Waals surface area contributed by atoms with Gasteiger partial charge in [-0.1, -0.05) is 0 Å². The fourth-order valence-electron chi connectivity index (χ4n) is 2.81. The topological polar surface area (TPSA) is 89.6 Å². The first kappa shape index (κ1) is 18.9. The highest BCUT2D eigenvalue weighted by molar-refractivity contribution is 7.14. The lowest BCUT2D eigenvalue weighted by atomic mass is 10.1. The number of halogens is 1. The summed E-state index contributed by atoms with van der Waals surface area (Å²) in [5.74, 6) is -0.0434. The molecule has 1 aliphatic heterocycles. The fraction of sp³-hybridized carbons (Fsp3) is 0.150. The molecule has 1 aliphatic rings. The summed E-state index contributed by atoms with van der Waals surface area (Å²) in [7, 11) is 0. The molecular weight excluding hydrogens is 397 g/mol. The van der Waals surface area contributed by atoms with E-state index >= 15 is 0 Å². The number of anilines is 2. The summed E-state index contributed by atoms with van der Waals surface area (Å²) in [5.41, 5.74) is 1.42. The van der Waals surface area contributed by atoms with Crippen molar-refractivity contribution in [1.82, 2.24) is 4.98 Å². The maximum absolute atomic E-state index is 14.4. The van der Waals surface area contributed by atoms with Crippen molar-refractivity contribution in [2.75, 3.05) is 23.8 Å². The first-order chi connectivity index (χ1) is 14.0. The summed E-state index contributed by atoms with van der Waals surface area (Å²) in [4.78, 5) is 27.9. The molecule has 148 valence electrons. The van der Waals surface area contributed by atoms with Gasteiger partial charge in [-0.25, -0.2) is 9.37 Å². The SMILES string of the molecule is CC(=O)Nc1ccc(-c2csc(NC(=O)c3ccc4c(c3)OCCO4)n2)c(F)c1. The number of carbonyl (C=O) groups excluding carboxylic acids is 2. The van der Waals surface area contributed by atoms with Gasteiger partial charge in [-0.3, -0.25) is 14.9 Å². The number of nitrogens with one attached hydrogen (secondary N) is 2. The number of carbonyl (C=O) groups is 2. The van der Waals surface area contributed by atoms with E-state index in [0.29, 0.717) is 46.8 Å². The second-order valence-electron chi connectivity index (χ2n) is 6.23. The maximum Gasteiger partial charge on any atom is 0.257 e. The summed E-state index contributed by atoms with van der Waals surface area (Å²) in [6.07, 6.45) is 0. The molecule has 2 amide bonds. The van der Waals surface area contributed by atoms with Crippen LogP contribution >= 0.6 is 11.3 Å². The van der Waals surface area contributed by atoms with E-state index in [0.717, 1.165) is 0 Å². The highest BCUT2D eigenvalue weighted by Crippen LogP contribution is 2.32. The number of benzene rings is 2. The lowest BCUT2D eigenvalue weighted by Crippen LogP contribution is -2.17. The molecule has 0 radical (unpaired) electrons. The molecule has 0 aliphatic carbocycles. The van der Waals surface area contributed by atoms with Crippen LogP contribution in [0.2, 0.25) is 0 Å². The van der Waals surface area contributed by atoms with Gasteiger partial charge in [0.25, 0.3) is 5.91 Å². The summed E-state index contributed by atoms with van der Waals surface area (Å²) in [5, 5.41) is 7.21. The van der Waals surface area contributed by atoms with Crippen LogP contribution in [0.4, 0.5) is 15.2 Å². The van der Waals surface area contributed by atoms with Crippen molar-refractivity contribution in [3.05, 3.63) is 53.2 Å². The van der Waals surface area contributed by atoms with Gasteiger partial charge in [0.2, 0.25) is 5.91 Å². The standard InChI is InChI=1S/C20H16FN3O4S/c1-11(25)22-13-3-4-14(15(21)9-13)16-10-29-20(23-16)24-19(26)12-2-5-17-18(8-12)28-7-6-27-17/h2-5,8-10H,6-7H2,1H3,(H,22,25)(H,23,24,26). The molecule has 3 aromatic rings. The molecule has 0 spiro atoms. The van der Waals surface area contributed by atoms with Crippen molar-refractivity contribution in [1.29, 1.82) is 0 Å². The average molecular weight is 413 g/mol. The third kappa shape index (κ3) is 4.19. The van der Waals surface area contributed by atoms with Gasteiger partial charge in [-0.15, -0.1) is 11.3 Å². The van der Waals surface area contributed by atoms with Gasteiger partial charge in [0.15, 0.2) is 16.6 Å². The predicted octanol–water partition coefficient (Wildman–Crippen LogP) is 3.93. The number of thiazole rings is 1. The van der Waals surface area contributed by atoms with Crippen LogP contribution in [0.5, 0.6) is 11.5 Å². The van der Waals surface area contributed by atoms with E-state index in [1.54, 1.807) is 29.6 Å². The normalized spacial score (nSPS) is 12.3. The number of amides is 2. The van der Waals surface area contributed by atoms with Crippen molar-refractivity contribution < 1.29 is 23.5 Å². The van der Waals surface area contributed by atoms with E-state index in [9.17, 15) is 14.0 Å². The van der Waals surface area contributed by atoms with E-state index in [1.165, 1.54) is 30.4 Å². The van der Waals surface area contributed by atoms with E-state index in [2.05, 4.69) is 15.6 Å². The number of ether oxygens (including phenoxy) is 2. The Bertz CT molecular complexity index is 1100. The van der Waals surface area contributed by atoms with Crippen LogP contribution in [0.1, 0.15) is 17.3 Å². The first-order valence-corrected chi connectivity index (χ1v) is 9.61. The third-order valence-corrected chi connectivity index (χ3v) is 4.85. The van der Waals surface area contributed by atoms with Crippen LogP contribution in [0.25, 0.3) is 11.3 Å². The Morgan fingerprint density at radius 2 is 1.86 bits per heavy atom. The van der Waals surface area contributed by atoms with Gasteiger partial charge in [-0.2, -0.15) is 0 Å². The molecule has 7 nitrogen and oxygen atoms in total. The molecule has 2 heterocycles. The van der Waals surface area contributed by atoms with Crippen LogP contribution in [0.15, 0.2) is 41.8 Å². The van der Waals surface area contributed by atoms with Gasteiger partial charge in [0, 0.05) is 29.1 Å². The molecule has 4 rings (SSSR count). The molecule has 0 unspecified atom stereocenters. The summed E-state index contributed by atoms with van der Waals surface area (Å²) in [6, 6.07) is 9.28. The number of aromatic nitrogens is 1.